The summed E-state index contributed by atoms with van der Waals surface area (Å²) in [4.78, 5) is 1.21. The Morgan fingerprint density at radius 2 is 2.44 bits per heavy atom. The van der Waals surface area contributed by atoms with Crippen LogP contribution in [0.3, 0.4) is 0 Å². The predicted octanol–water partition coefficient (Wildman–Crippen LogP) is 1.61. The Kier molecular flexibility index (Phi) is 4.10. The van der Waals surface area contributed by atoms with Crippen molar-refractivity contribution in [2.75, 3.05) is 13.2 Å². The van der Waals surface area contributed by atoms with Gasteiger partial charge in [0.05, 0.1) is 16.8 Å². The molecule has 3 N–H and O–H groups in total. The molecule has 0 atom stereocenters. The first-order valence-corrected chi connectivity index (χ1v) is 6.17. The van der Waals surface area contributed by atoms with Gasteiger partial charge in [-0.15, -0.1) is 11.3 Å². The molecular weight excluding hydrogens is 222 g/mol. The molecule has 5 heteroatoms. The van der Waals surface area contributed by atoms with Gasteiger partial charge in [-0.05, 0) is 24.4 Å². The molecule has 0 aromatic carbocycles. The van der Waals surface area contributed by atoms with E-state index < -0.39 is 0 Å². The van der Waals surface area contributed by atoms with Crippen LogP contribution >= 0.6 is 11.3 Å². The van der Waals surface area contributed by atoms with Gasteiger partial charge in [0.25, 0.3) is 0 Å². The average molecular weight is 237 g/mol. The van der Waals surface area contributed by atoms with E-state index in [2.05, 4.69) is 27.0 Å². The summed E-state index contributed by atoms with van der Waals surface area (Å²) < 4.78 is 0. The summed E-state index contributed by atoms with van der Waals surface area (Å²) >= 11 is 1.70. The van der Waals surface area contributed by atoms with Crippen LogP contribution in [0.4, 0.5) is 0 Å². The fourth-order valence-electron chi connectivity index (χ4n) is 1.51. The number of H-pyrrole nitrogens is 1. The minimum atomic E-state index is 0.232. The van der Waals surface area contributed by atoms with E-state index in [1.807, 2.05) is 12.3 Å². The normalized spacial score (nSPS) is 10.8. The molecule has 2 rings (SSSR count). The van der Waals surface area contributed by atoms with Crippen LogP contribution in [-0.2, 0) is 6.54 Å². The van der Waals surface area contributed by atoms with E-state index in [-0.39, 0.29) is 6.61 Å². The van der Waals surface area contributed by atoms with Crippen molar-refractivity contribution in [2.24, 2.45) is 0 Å². The molecule has 2 aromatic rings. The summed E-state index contributed by atoms with van der Waals surface area (Å²) in [6.45, 7) is 1.84. The Hall–Kier alpha value is -1.17. The molecule has 0 radical (unpaired) electrons. The van der Waals surface area contributed by atoms with Crippen LogP contribution in [0.15, 0.2) is 23.7 Å². The second-order valence-corrected chi connectivity index (χ2v) is 4.45. The van der Waals surface area contributed by atoms with E-state index in [0.29, 0.717) is 0 Å². The topological polar surface area (TPSA) is 60.9 Å². The molecule has 0 aliphatic heterocycles. The standard InChI is InChI=1S/C11H15N3OS/c15-5-2-4-12-7-9-8-13-14-11(9)10-3-1-6-16-10/h1,3,6,8,12,15H,2,4-5,7H2,(H,13,14). The third-order valence-electron chi connectivity index (χ3n) is 2.31. The first-order valence-electron chi connectivity index (χ1n) is 5.29. The lowest BCUT2D eigenvalue weighted by atomic mass is 10.2. The van der Waals surface area contributed by atoms with Gasteiger partial charge in [0, 0.05) is 18.7 Å². The fraction of sp³-hybridized carbons (Fsp3) is 0.364. The fourth-order valence-corrected chi connectivity index (χ4v) is 2.26. The molecule has 0 amide bonds. The first kappa shape index (κ1) is 11.3. The molecule has 0 spiro atoms. The number of aromatic nitrogens is 2. The molecular formula is C11H15N3OS. The van der Waals surface area contributed by atoms with E-state index in [0.717, 1.165) is 25.2 Å². The van der Waals surface area contributed by atoms with E-state index >= 15 is 0 Å². The highest BCUT2D eigenvalue weighted by Gasteiger charge is 2.07. The molecule has 0 fully saturated rings. The summed E-state index contributed by atoms with van der Waals surface area (Å²) in [6, 6.07) is 4.11. The second-order valence-electron chi connectivity index (χ2n) is 3.50. The van der Waals surface area contributed by atoms with Crippen molar-refractivity contribution in [3.05, 3.63) is 29.3 Å². The third kappa shape index (κ3) is 2.69. The van der Waals surface area contributed by atoms with Crippen molar-refractivity contribution >= 4 is 11.3 Å². The Bertz CT molecular complexity index is 411. The average Bonchev–Trinajstić information content (AvgIpc) is 2.94. The summed E-state index contributed by atoms with van der Waals surface area (Å²) in [5.74, 6) is 0. The molecule has 0 bridgehead atoms. The highest BCUT2D eigenvalue weighted by molar-refractivity contribution is 7.13. The Morgan fingerprint density at radius 3 is 3.19 bits per heavy atom. The van der Waals surface area contributed by atoms with Crippen LogP contribution < -0.4 is 5.32 Å². The van der Waals surface area contributed by atoms with Crippen molar-refractivity contribution in [3.8, 4) is 10.6 Å². The number of hydrogen-bond acceptors (Lipinski definition) is 4. The Balaban J connectivity index is 1.97. The van der Waals surface area contributed by atoms with Crippen LogP contribution in [0, 0.1) is 0 Å². The van der Waals surface area contributed by atoms with E-state index in [9.17, 15) is 0 Å². The van der Waals surface area contributed by atoms with Gasteiger partial charge in [-0.1, -0.05) is 6.07 Å². The van der Waals surface area contributed by atoms with Gasteiger partial charge in [0.2, 0.25) is 0 Å². The maximum absolute atomic E-state index is 8.67. The van der Waals surface area contributed by atoms with Crippen molar-refractivity contribution in [3.63, 3.8) is 0 Å². The Labute approximate surface area is 98.3 Å². The van der Waals surface area contributed by atoms with Gasteiger partial charge in [0.1, 0.15) is 0 Å². The molecule has 2 aromatic heterocycles. The Morgan fingerprint density at radius 1 is 1.50 bits per heavy atom. The maximum Gasteiger partial charge on any atom is 0.0794 e. The monoisotopic (exact) mass is 237 g/mol. The molecule has 0 saturated carbocycles. The molecule has 0 aliphatic rings. The van der Waals surface area contributed by atoms with Crippen LogP contribution in [0.25, 0.3) is 10.6 Å². The van der Waals surface area contributed by atoms with Gasteiger partial charge >= 0.3 is 0 Å². The van der Waals surface area contributed by atoms with Gasteiger partial charge in [0.15, 0.2) is 0 Å². The molecule has 2 heterocycles. The van der Waals surface area contributed by atoms with Crippen molar-refractivity contribution in [1.82, 2.24) is 15.5 Å². The molecule has 0 saturated heterocycles. The number of nitrogens with one attached hydrogen (secondary N) is 2. The zero-order valence-corrected chi connectivity index (χ0v) is 9.76. The lowest BCUT2D eigenvalue weighted by Gasteiger charge is -2.03. The molecule has 16 heavy (non-hydrogen) atoms. The van der Waals surface area contributed by atoms with E-state index in [4.69, 9.17) is 5.11 Å². The SMILES string of the molecule is OCCCNCc1cn[nH]c1-c1cccs1. The number of aliphatic hydroxyl groups is 1. The minimum absolute atomic E-state index is 0.232. The first-order chi connectivity index (χ1) is 7.92. The number of aliphatic hydroxyl groups excluding tert-OH is 1. The minimum Gasteiger partial charge on any atom is -0.396 e. The summed E-state index contributed by atoms with van der Waals surface area (Å²) in [6.07, 6.45) is 2.63. The lowest BCUT2D eigenvalue weighted by Crippen LogP contribution is -2.15. The highest BCUT2D eigenvalue weighted by atomic mass is 32.1. The molecule has 86 valence electrons. The summed E-state index contributed by atoms with van der Waals surface area (Å²) in [7, 11) is 0. The number of nitrogens with zero attached hydrogens (tertiary/aromatic N) is 1. The largest absolute Gasteiger partial charge is 0.396 e. The van der Waals surface area contributed by atoms with Gasteiger partial charge in [-0.25, -0.2) is 0 Å². The number of hydrogen-bond donors (Lipinski definition) is 3. The predicted molar refractivity (Wildman–Crippen MR) is 65.3 cm³/mol. The summed E-state index contributed by atoms with van der Waals surface area (Å²) in [5.41, 5.74) is 2.26. The van der Waals surface area contributed by atoms with Gasteiger partial charge < -0.3 is 10.4 Å². The van der Waals surface area contributed by atoms with Gasteiger partial charge in [-0.3, -0.25) is 5.10 Å². The van der Waals surface area contributed by atoms with Crippen molar-refractivity contribution in [2.45, 2.75) is 13.0 Å². The molecule has 0 unspecified atom stereocenters. The highest BCUT2D eigenvalue weighted by Crippen LogP contribution is 2.25. The summed E-state index contributed by atoms with van der Waals surface area (Å²) in [5, 5.41) is 21.1. The quantitative estimate of drug-likeness (QED) is 0.669. The third-order valence-corrected chi connectivity index (χ3v) is 3.20. The number of rotatable bonds is 6. The van der Waals surface area contributed by atoms with E-state index in [1.54, 1.807) is 11.3 Å². The van der Waals surface area contributed by atoms with Crippen molar-refractivity contribution in [1.29, 1.82) is 0 Å². The van der Waals surface area contributed by atoms with Crippen LogP contribution in [-0.4, -0.2) is 28.5 Å². The maximum atomic E-state index is 8.67. The second kappa shape index (κ2) is 5.79. The lowest BCUT2D eigenvalue weighted by molar-refractivity contribution is 0.286. The molecule has 0 aliphatic carbocycles. The molecule has 4 nitrogen and oxygen atoms in total. The zero-order valence-electron chi connectivity index (χ0n) is 8.94. The smallest absolute Gasteiger partial charge is 0.0794 e. The zero-order chi connectivity index (χ0) is 11.2. The van der Waals surface area contributed by atoms with Crippen LogP contribution in [0.2, 0.25) is 0 Å². The number of thiophene rings is 1. The van der Waals surface area contributed by atoms with Crippen molar-refractivity contribution < 1.29 is 5.11 Å². The van der Waals surface area contributed by atoms with Crippen LogP contribution in [0.5, 0.6) is 0 Å². The van der Waals surface area contributed by atoms with Gasteiger partial charge in [-0.2, -0.15) is 5.10 Å². The van der Waals surface area contributed by atoms with Crippen LogP contribution in [0.1, 0.15) is 12.0 Å². The number of aromatic amines is 1. The van der Waals surface area contributed by atoms with E-state index in [1.165, 1.54) is 10.4 Å².